The molecule has 2 aromatic rings. The van der Waals surface area contributed by atoms with Crippen molar-refractivity contribution in [3.05, 3.63) is 46.1 Å². The lowest BCUT2D eigenvalue weighted by atomic mass is 10.1. The molecule has 0 N–H and O–H groups in total. The van der Waals surface area contributed by atoms with E-state index in [-0.39, 0.29) is 5.82 Å². The summed E-state index contributed by atoms with van der Waals surface area (Å²) in [5.41, 5.74) is 2.12. The predicted octanol–water partition coefficient (Wildman–Crippen LogP) is 4.15. The fourth-order valence-electron chi connectivity index (χ4n) is 1.62. The largest absolute Gasteiger partial charge is 0.236 e. The molecule has 17 heavy (non-hydrogen) atoms. The summed E-state index contributed by atoms with van der Waals surface area (Å²) in [6, 6.07) is 4.19. The second kappa shape index (κ2) is 4.98. The van der Waals surface area contributed by atoms with Crippen molar-refractivity contribution in [2.24, 2.45) is 0 Å². The third-order valence-electron chi connectivity index (χ3n) is 2.43. The monoisotopic (exact) mass is 270 g/mol. The summed E-state index contributed by atoms with van der Waals surface area (Å²) in [4.78, 5) is 8.09. The molecule has 1 aromatic heterocycles. The Morgan fingerprint density at radius 3 is 2.65 bits per heavy atom. The first-order valence-electron chi connectivity index (χ1n) is 5.08. The zero-order valence-electron chi connectivity index (χ0n) is 9.04. The van der Waals surface area contributed by atoms with Crippen LogP contribution in [0.4, 0.5) is 4.39 Å². The van der Waals surface area contributed by atoms with E-state index in [0.717, 1.165) is 5.56 Å². The Kier molecular flexibility index (Phi) is 3.60. The van der Waals surface area contributed by atoms with Crippen molar-refractivity contribution in [3.8, 4) is 11.3 Å². The van der Waals surface area contributed by atoms with Crippen LogP contribution in [0.3, 0.4) is 0 Å². The van der Waals surface area contributed by atoms with Gasteiger partial charge < -0.3 is 0 Å². The Balaban J connectivity index is 2.64. The summed E-state index contributed by atoms with van der Waals surface area (Å²) >= 11 is 12.0. The van der Waals surface area contributed by atoms with Crippen molar-refractivity contribution in [1.29, 1.82) is 0 Å². The zero-order chi connectivity index (χ0) is 12.4. The van der Waals surface area contributed by atoms with Crippen molar-refractivity contribution < 1.29 is 4.39 Å². The van der Waals surface area contributed by atoms with Gasteiger partial charge in [-0.3, -0.25) is 0 Å². The van der Waals surface area contributed by atoms with Gasteiger partial charge in [0.1, 0.15) is 17.3 Å². The van der Waals surface area contributed by atoms with E-state index in [2.05, 4.69) is 9.97 Å². The molecule has 5 heteroatoms. The van der Waals surface area contributed by atoms with Gasteiger partial charge >= 0.3 is 0 Å². The Bertz CT molecular complexity index is 558. The van der Waals surface area contributed by atoms with E-state index in [1.165, 1.54) is 18.5 Å². The van der Waals surface area contributed by atoms with Crippen LogP contribution in [0.1, 0.15) is 12.5 Å². The Morgan fingerprint density at radius 2 is 2.00 bits per heavy atom. The molecule has 0 aliphatic rings. The maximum absolute atomic E-state index is 13.0. The molecule has 0 radical (unpaired) electrons. The highest BCUT2D eigenvalue weighted by Gasteiger charge is 2.13. The van der Waals surface area contributed by atoms with Gasteiger partial charge in [0.05, 0.1) is 10.7 Å². The minimum absolute atomic E-state index is 0.314. The average Bonchev–Trinajstić information content (AvgIpc) is 2.29. The number of hydrogen-bond donors (Lipinski definition) is 0. The van der Waals surface area contributed by atoms with E-state index in [0.29, 0.717) is 27.9 Å². The molecule has 0 amide bonds. The van der Waals surface area contributed by atoms with Crippen LogP contribution < -0.4 is 0 Å². The van der Waals surface area contributed by atoms with Gasteiger partial charge in [0.15, 0.2) is 0 Å². The summed E-state index contributed by atoms with van der Waals surface area (Å²) in [6.07, 6.45) is 2.05. The van der Waals surface area contributed by atoms with Crippen LogP contribution in [-0.4, -0.2) is 9.97 Å². The van der Waals surface area contributed by atoms with Gasteiger partial charge in [0, 0.05) is 11.1 Å². The average molecular weight is 271 g/mol. The minimum atomic E-state index is -0.378. The Hall–Kier alpha value is -1.19. The Morgan fingerprint density at radius 1 is 1.24 bits per heavy atom. The molecule has 0 spiro atoms. The van der Waals surface area contributed by atoms with Gasteiger partial charge in [0.2, 0.25) is 0 Å². The number of halogens is 3. The van der Waals surface area contributed by atoms with Crippen molar-refractivity contribution in [2.75, 3.05) is 0 Å². The molecule has 1 aromatic carbocycles. The van der Waals surface area contributed by atoms with Gasteiger partial charge in [-0.1, -0.05) is 30.1 Å². The van der Waals surface area contributed by atoms with Gasteiger partial charge in [-0.2, -0.15) is 0 Å². The number of hydrogen-bond acceptors (Lipinski definition) is 2. The fraction of sp³-hybridized carbons (Fsp3) is 0.167. The maximum atomic E-state index is 13.0. The van der Waals surface area contributed by atoms with Gasteiger partial charge in [0.25, 0.3) is 0 Å². The van der Waals surface area contributed by atoms with E-state index < -0.39 is 0 Å². The summed E-state index contributed by atoms with van der Waals surface area (Å²) < 4.78 is 13.0. The summed E-state index contributed by atoms with van der Waals surface area (Å²) in [5.74, 6) is -0.378. The first kappa shape index (κ1) is 12.3. The number of nitrogens with zero attached hydrogens (tertiary/aromatic N) is 2. The molecule has 0 aliphatic heterocycles. The fourth-order valence-corrected chi connectivity index (χ4v) is 2.14. The van der Waals surface area contributed by atoms with Gasteiger partial charge in [-0.25, -0.2) is 14.4 Å². The van der Waals surface area contributed by atoms with E-state index in [4.69, 9.17) is 23.2 Å². The van der Waals surface area contributed by atoms with E-state index in [9.17, 15) is 4.39 Å². The van der Waals surface area contributed by atoms with Crippen LogP contribution in [-0.2, 0) is 6.42 Å². The SMILES string of the molecule is CCc1c(Cl)ncnc1-c1ccc(F)cc1Cl. The molecular formula is C12H9Cl2FN2. The molecule has 0 fully saturated rings. The third-order valence-corrected chi connectivity index (χ3v) is 3.07. The molecule has 0 atom stereocenters. The summed E-state index contributed by atoms with van der Waals surface area (Å²) in [7, 11) is 0. The van der Waals surface area contributed by atoms with Crippen LogP contribution in [0.15, 0.2) is 24.5 Å². The van der Waals surface area contributed by atoms with Crippen LogP contribution in [0.25, 0.3) is 11.3 Å². The van der Waals surface area contributed by atoms with Crippen molar-refractivity contribution in [1.82, 2.24) is 9.97 Å². The second-order valence-corrected chi connectivity index (χ2v) is 4.23. The van der Waals surface area contributed by atoms with Crippen LogP contribution >= 0.6 is 23.2 Å². The molecule has 2 rings (SSSR count). The van der Waals surface area contributed by atoms with E-state index >= 15 is 0 Å². The Labute approximate surface area is 108 Å². The van der Waals surface area contributed by atoms with E-state index in [1.807, 2.05) is 6.92 Å². The normalized spacial score (nSPS) is 10.6. The smallest absolute Gasteiger partial charge is 0.136 e. The lowest BCUT2D eigenvalue weighted by Crippen LogP contribution is -1.96. The molecule has 0 aliphatic carbocycles. The quantitative estimate of drug-likeness (QED) is 0.767. The topological polar surface area (TPSA) is 25.8 Å². The number of rotatable bonds is 2. The lowest BCUT2D eigenvalue weighted by Gasteiger charge is -2.09. The molecule has 0 saturated carbocycles. The molecule has 88 valence electrons. The first-order chi connectivity index (χ1) is 8.13. The predicted molar refractivity (Wildman–Crippen MR) is 66.8 cm³/mol. The van der Waals surface area contributed by atoms with Crippen molar-refractivity contribution in [2.45, 2.75) is 13.3 Å². The molecule has 1 heterocycles. The molecule has 2 nitrogen and oxygen atoms in total. The van der Waals surface area contributed by atoms with Crippen LogP contribution in [0.2, 0.25) is 10.2 Å². The molecule has 0 unspecified atom stereocenters. The van der Waals surface area contributed by atoms with Crippen LogP contribution in [0, 0.1) is 5.82 Å². The third kappa shape index (κ3) is 2.40. The first-order valence-corrected chi connectivity index (χ1v) is 5.84. The lowest BCUT2D eigenvalue weighted by molar-refractivity contribution is 0.628. The number of aromatic nitrogens is 2. The minimum Gasteiger partial charge on any atom is -0.236 e. The maximum Gasteiger partial charge on any atom is 0.136 e. The molecule has 0 bridgehead atoms. The molecular weight excluding hydrogens is 262 g/mol. The standard InChI is InChI=1S/C12H9Cl2FN2/c1-2-8-11(16-6-17-12(8)14)9-4-3-7(15)5-10(9)13/h3-6H,2H2,1H3. The highest BCUT2D eigenvalue weighted by molar-refractivity contribution is 6.33. The summed E-state index contributed by atoms with van der Waals surface area (Å²) in [6.45, 7) is 1.95. The van der Waals surface area contributed by atoms with Gasteiger partial charge in [-0.15, -0.1) is 0 Å². The van der Waals surface area contributed by atoms with Crippen LogP contribution in [0.5, 0.6) is 0 Å². The highest BCUT2D eigenvalue weighted by Crippen LogP contribution is 2.31. The summed E-state index contributed by atoms with van der Waals surface area (Å²) in [5, 5.41) is 0.715. The highest BCUT2D eigenvalue weighted by atomic mass is 35.5. The van der Waals surface area contributed by atoms with E-state index in [1.54, 1.807) is 6.07 Å². The second-order valence-electron chi connectivity index (χ2n) is 3.47. The van der Waals surface area contributed by atoms with Crippen molar-refractivity contribution >= 4 is 23.2 Å². The number of benzene rings is 1. The van der Waals surface area contributed by atoms with Gasteiger partial charge in [-0.05, 0) is 24.6 Å². The molecule has 0 saturated heterocycles. The van der Waals surface area contributed by atoms with Crippen molar-refractivity contribution in [3.63, 3.8) is 0 Å². The zero-order valence-corrected chi connectivity index (χ0v) is 10.6.